The van der Waals surface area contributed by atoms with Gasteiger partial charge in [0.15, 0.2) is 0 Å². The zero-order valence-corrected chi connectivity index (χ0v) is 14.9. The van der Waals surface area contributed by atoms with Gasteiger partial charge in [0, 0.05) is 42.2 Å². The number of hydrogen-bond acceptors (Lipinski definition) is 7. The third-order valence-electron chi connectivity index (χ3n) is 4.92. The van der Waals surface area contributed by atoms with Crippen molar-refractivity contribution < 1.29 is 0 Å². The second kappa shape index (κ2) is 6.64. The van der Waals surface area contributed by atoms with E-state index in [1.807, 2.05) is 0 Å². The van der Waals surface area contributed by atoms with Crippen LogP contribution in [0, 0.1) is 6.92 Å². The lowest BCUT2D eigenvalue weighted by molar-refractivity contribution is 0.278. The largest absolute Gasteiger partial charge is 0.368 e. The van der Waals surface area contributed by atoms with E-state index < -0.39 is 0 Å². The van der Waals surface area contributed by atoms with Gasteiger partial charge in [-0.05, 0) is 32.6 Å². The third kappa shape index (κ3) is 3.37. The first-order valence-electron chi connectivity index (χ1n) is 8.72. The van der Waals surface area contributed by atoms with Crippen LogP contribution in [0.25, 0.3) is 0 Å². The number of rotatable bonds is 4. The molecule has 2 aromatic rings. The second-order valence-corrected chi connectivity index (χ2v) is 7.73. The van der Waals surface area contributed by atoms with Gasteiger partial charge in [-0.15, -0.1) is 11.3 Å². The summed E-state index contributed by atoms with van der Waals surface area (Å²) in [6, 6.07) is 0.557. The average Bonchev–Trinajstić information content (AvgIpc) is 2.80. The molecule has 6 nitrogen and oxygen atoms in total. The number of nitrogens with zero attached hydrogens (tertiary/aromatic N) is 4. The van der Waals surface area contributed by atoms with E-state index in [0.29, 0.717) is 12.0 Å². The Bertz CT molecular complexity index is 724. The van der Waals surface area contributed by atoms with Crippen molar-refractivity contribution in [2.24, 2.45) is 0 Å². The molecule has 1 aliphatic heterocycles. The quantitative estimate of drug-likeness (QED) is 0.886. The van der Waals surface area contributed by atoms with Crippen molar-refractivity contribution in [1.29, 1.82) is 0 Å². The second-order valence-electron chi connectivity index (χ2n) is 6.79. The summed E-state index contributed by atoms with van der Waals surface area (Å²) in [6.45, 7) is 4.97. The van der Waals surface area contributed by atoms with E-state index in [1.165, 1.54) is 29.8 Å². The van der Waals surface area contributed by atoms with Gasteiger partial charge in [0.2, 0.25) is 5.95 Å². The first-order valence-corrected chi connectivity index (χ1v) is 9.60. The minimum atomic E-state index is 0.388. The van der Waals surface area contributed by atoms with Crippen LogP contribution < -0.4 is 11.1 Å². The molecule has 4 rings (SSSR count). The van der Waals surface area contributed by atoms with E-state index in [9.17, 15) is 0 Å². The Morgan fingerprint density at radius 1 is 1.25 bits per heavy atom. The lowest BCUT2D eigenvalue weighted by Crippen LogP contribution is -2.29. The molecule has 128 valence electrons. The smallest absolute Gasteiger partial charge is 0.222 e. The zero-order chi connectivity index (χ0) is 16.5. The number of aryl methyl sites for hydroxylation is 1. The molecule has 0 aromatic carbocycles. The van der Waals surface area contributed by atoms with Gasteiger partial charge in [-0.3, -0.25) is 4.90 Å². The Labute approximate surface area is 146 Å². The lowest BCUT2D eigenvalue weighted by atomic mass is 9.93. The van der Waals surface area contributed by atoms with Crippen LogP contribution in [-0.4, -0.2) is 39.0 Å². The monoisotopic (exact) mass is 344 g/mol. The van der Waals surface area contributed by atoms with Crippen molar-refractivity contribution in [2.75, 3.05) is 24.1 Å². The Morgan fingerprint density at radius 2 is 2.08 bits per heavy atom. The highest BCUT2D eigenvalue weighted by Gasteiger charge is 2.23. The van der Waals surface area contributed by atoms with Crippen molar-refractivity contribution in [3.05, 3.63) is 27.3 Å². The van der Waals surface area contributed by atoms with Crippen molar-refractivity contribution in [1.82, 2.24) is 19.9 Å². The molecule has 7 heteroatoms. The summed E-state index contributed by atoms with van der Waals surface area (Å²) < 4.78 is 0. The summed E-state index contributed by atoms with van der Waals surface area (Å²) in [5, 5.41) is 6.89. The van der Waals surface area contributed by atoms with E-state index in [-0.39, 0.29) is 0 Å². The van der Waals surface area contributed by atoms with Crippen LogP contribution in [0.4, 0.5) is 11.8 Å². The third-order valence-corrected chi connectivity index (χ3v) is 5.88. The molecule has 2 aromatic heterocycles. The highest BCUT2D eigenvalue weighted by Crippen LogP contribution is 2.28. The fourth-order valence-corrected chi connectivity index (χ4v) is 4.17. The van der Waals surface area contributed by atoms with Crippen molar-refractivity contribution >= 4 is 23.1 Å². The van der Waals surface area contributed by atoms with E-state index in [4.69, 9.17) is 5.73 Å². The van der Waals surface area contributed by atoms with Crippen molar-refractivity contribution in [2.45, 2.75) is 51.6 Å². The number of hydrogen-bond donors (Lipinski definition) is 2. The van der Waals surface area contributed by atoms with Crippen molar-refractivity contribution in [3.8, 4) is 0 Å². The molecule has 0 saturated heterocycles. The highest BCUT2D eigenvalue weighted by molar-refractivity contribution is 7.09. The Morgan fingerprint density at radius 3 is 2.79 bits per heavy atom. The molecule has 0 radical (unpaired) electrons. The number of nitrogen functional groups attached to an aromatic ring is 1. The number of fused-ring (bicyclic) bond motifs is 1. The maximum absolute atomic E-state index is 5.95. The SMILES string of the molecule is Cc1csc(CN2CCc3nc(N)nc(NC4CCC4)c3CC2)n1. The van der Waals surface area contributed by atoms with Gasteiger partial charge in [0.1, 0.15) is 10.8 Å². The van der Waals surface area contributed by atoms with Gasteiger partial charge < -0.3 is 11.1 Å². The van der Waals surface area contributed by atoms with Crippen LogP contribution in [0.5, 0.6) is 0 Å². The Kier molecular flexibility index (Phi) is 4.37. The zero-order valence-electron chi connectivity index (χ0n) is 14.1. The first-order chi connectivity index (χ1) is 11.7. The lowest BCUT2D eigenvalue weighted by Gasteiger charge is -2.28. The highest BCUT2D eigenvalue weighted by atomic mass is 32.1. The van der Waals surface area contributed by atoms with Crippen LogP contribution in [0.1, 0.15) is 41.2 Å². The average molecular weight is 344 g/mol. The van der Waals surface area contributed by atoms with Crippen LogP contribution in [0.3, 0.4) is 0 Å². The number of thiazole rings is 1. The number of aromatic nitrogens is 3. The summed E-state index contributed by atoms with van der Waals surface area (Å²) in [5.74, 6) is 1.36. The van der Waals surface area contributed by atoms with Gasteiger partial charge in [0.05, 0.1) is 12.2 Å². The van der Waals surface area contributed by atoms with Gasteiger partial charge in [0.25, 0.3) is 0 Å². The number of nitrogens with two attached hydrogens (primary N) is 1. The predicted octanol–water partition coefficient (Wildman–Crippen LogP) is 2.39. The predicted molar refractivity (Wildman–Crippen MR) is 97.2 cm³/mol. The number of anilines is 2. The van der Waals surface area contributed by atoms with Gasteiger partial charge in [-0.2, -0.15) is 4.98 Å². The molecule has 24 heavy (non-hydrogen) atoms. The molecular formula is C17H24N6S. The standard InChI is InChI=1S/C17H24N6S/c1-11-10-24-15(19-11)9-23-7-5-13-14(6-8-23)21-17(18)22-16(13)20-12-3-2-4-12/h10,12H,2-9H2,1H3,(H3,18,20,21,22). The fourth-order valence-electron chi connectivity index (χ4n) is 3.35. The van der Waals surface area contributed by atoms with Gasteiger partial charge >= 0.3 is 0 Å². The van der Waals surface area contributed by atoms with E-state index in [0.717, 1.165) is 49.7 Å². The maximum atomic E-state index is 5.95. The van der Waals surface area contributed by atoms with E-state index in [2.05, 4.69) is 37.5 Å². The topological polar surface area (TPSA) is 80.0 Å². The molecule has 3 heterocycles. The van der Waals surface area contributed by atoms with Gasteiger partial charge in [-0.25, -0.2) is 9.97 Å². The summed E-state index contributed by atoms with van der Waals surface area (Å²) in [5.41, 5.74) is 9.43. The number of nitrogens with one attached hydrogen (secondary N) is 1. The molecule has 0 atom stereocenters. The van der Waals surface area contributed by atoms with Crippen LogP contribution in [0.15, 0.2) is 5.38 Å². The Hall–Kier alpha value is -1.73. The maximum Gasteiger partial charge on any atom is 0.222 e. The van der Waals surface area contributed by atoms with E-state index >= 15 is 0 Å². The van der Waals surface area contributed by atoms with Crippen LogP contribution in [-0.2, 0) is 19.4 Å². The summed E-state index contributed by atoms with van der Waals surface area (Å²) in [6.07, 6.45) is 5.66. The van der Waals surface area contributed by atoms with Crippen LogP contribution in [0.2, 0.25) is 0 Å². The first kappa shape index (κ1) is 15.8. The van der Waals surface area contributed by atoms with Gasteiger partial charge in [-0.1, -0.05) is 0 Å². The van der Waals surface area contributed by atoms with E-state index in [1.54, 1.807) is 11.3 Å². The summed E-state index contributed by atoms with van der Waals surface area (Å²) in [7, 11) is 0. The molecule has 2 aliphatic rings. The van der Waals surface area contributed by atoms with Crippen molar-refractivity contribution in [3.63, 3.8) is 0 Å². The summed E-state index contributed by atoms with van der Waals surface area (Å²) in [4.78, 5) is 16.1. The summed E-state index contributed by atoms with van der Waals surface area (Å²) >= 11 is 1.75. The normalized spacial score (nSPS) is 18.7. The van der Waals surface area contributed by atoms with Crippen LogP contribution >= 0.6 is 11.3 Å². The molecule has 0 bridgehead atoms. The molecular weight excluding hydrogens is 320 g/mol. The molecule has 1 fully saturated rings. The fraction of sp³-hybridized carbons (Fsp3) is 0.588. The molecule has 0 amide bonds. The molecule has 0 spiro atoms. The molecule has 1 saturated carbocycles. The minimum absolute atomic E-state index is 0.388. The molecule has 0 unspecified atom stereocenters. The minimum Gasteiger partial charge on any atom is -0.368 e. The molecule has 3 N–H and O–H groups in total. The Balaban J connectivity index is 1.50. The molecule has 1 aliphatic carbocycles.